The highest BCUT2D eigenvalue weighted by Crippen LogP contribution is 2.31. The van der Waals surface area contributed by atoms with Gasteiger partial charge in [0, 0.05) is 19.6 Å². The summed E-state index contributed by atoms with van der Waals surface area (Å²) in [6.45, 7) is 2.82. The van der Waals surface area contributed by atoms with Crippen molar-refractivity contribution in [2.75, 3.05) is 39.1 Å². The van der Waals surface area contributed by atoms with E-state index >= 15 is 0 Å². The SMILES string of the molecule is COc1ccccc1NC1(CN)CCN(C)CC1. The molecule has 0 amide bonds. The molecule has 0 unspecified atom stereocenters. The molecular weight excluding hydrogens is 226 g/mol. The summed E-state index contributed by atoms with van der Waals surface area (Å²) in [5.74, 6) is 0.879. The van der Waals surface area contributed by atoms with E-state index < -0.39 is 0 Å². The first kappa shape index (κ1) is 13.2. The van der Waals surface area contributed by atoms with Crippen LogP contribution in [0.25, 0.3) is 0 Å². The lowest BCUT2D eigenvalue weighted by molar-refractivity contribution is 0.208. The zero-order valence-corrected chi connectivity index (χ0v) is 11.3. The highest BCUT2D eigenvalue weighted by Gasteiger charge is 2.32. The van der Waals surface area contributed by atoms with Gasteiger partial charge in [-0.2, -0.15) is 0 Å². The molecule has 0 spiro atoms. The van der Waals surface area contributed by atoms with Crippen LogP contribution in [-0.2, 0) is 0 Å². The molecule has 2 rings (SSSR count). The third-order valence-corrected chi connectivity index (χ3v) is 3.84. The van der Waals surface area contributed by atoms with E-state index in [2.05, 4.69) is 23.3 Å². The Morgan fingerprint density at radius 2 is 2.00 bits per heavy atom. The van der Waals surface area contributed by atoms with Gasteiger partial charge >= 0.3 is 0 Å². The summed E-state index contributed by atoms with van der Waals surface area (Å²) >= 11 is 0. The Kier molecular flexibility index (Phi) is 4.09. The lowest BCUT2D eigenvalue weighted by Crippen LogP contribution is -2.52. The average Bonchev–Trinajstić information content (AvgIpc) is 2.42. The van der Waals surface area contributed by atoms with Gasteiger partial charge in [0.05, 0.1) is 18.3 Å². The molecule has 0 atom stereocenters. The molecule has 4 nitrogen and oxygen atoms in total. The van der Waals surface area contributed by atoms with E-state index in [0.29, 0.717) is 6.54 Å². The fourth-order valence-electron chi connectivity index (χ4n) is 2.46. The van der Waals surface area contributed by atoms with Crippen LogP contribution < -0.4 is 15.8 Å². The predicted octanol–water partition coefficient (Wildman–Crippen LogP) is 1.53. The molecule has 0 aromatic heterocycles. The highest BCUT2D eigenvalue weighted by molar-refractivity contribution is 5.57. The summed E-state index contributed by atoms with van der Waals surface area (Å²) in [6.07, 6.45) is 2.14. The maximum atomic E-state index is 6.00. The first-order chi connectivity index (χ1) is 8.69. The number of rotatable bonds is 4. The van der Waals surface area contributed by atoms with Crippen molar-refractivity contribution in [2.45, 2.75) is 18.4 Å². The summed E-state index contributed by atoms with van der Waals surface area (Å²) in [4.78, 5) is 2.35. The second kappa shape index (κ2) is 5.59. The van der Waals surface area contributed by atoms with Gasteiger partial charge < -0.3 is 20.7 Å². The minimum absolute atomic E-state index is 0.00113. The van der Waals surface area contributed by atoms with Crippen molar-refractivity contribution in [1.82, 2.24) is 4.90 Å². The smallest absolute Gasteiger partial charge is 0.141 e. The van der Waals surface area contributed by atoms with Crippen LogP contribution in [0.5, 0.6) is 5.75 Å². The van der Waals surface area contributed by atoms with Gasteiger partial charge in [-0.1, -0.05) is 12.1 Å². The van der Waals surface area contributed by atoms with Crippen LogP contribution in [0.2, 0.25) is 0 Å². The number of para-hydroxylation sites is 2. The normalized spacial score (nSPS) is 19.5. The number of anilines is 1. The lowest BCUT2D eigenvalue weighted by atomic mass is 9.87. The quantitative estimate of drug-likeness (QED) is 0.849. The minimum atomic E-state index is 0.00113. The molecule has 18 heavy (non-hydrogen) atoms. The average molecular weight is 249 g/mol. The van der Waals surface area contributed by atoms with E-state index in [1.807, 2.05) is 18.2 Å². The van der Waals surface area contributed by atoms with E-state index in [1.165, 1.54) is 0 Å². The Bertz CT molecular complexity index is 386. The van der Waals surface area contributed by atoms with Crippen molar-refractivity contribution in [3.63, 3.8) is 0 Å². The molecule has 1 aromatic rings. The second-order valence-corrected chi connectivity index (χ2v) is 5.11. The number of hydrogen-bond donors (Lipinski definition) is 2. The molecule has 1 aliphatic heterocycles. The minimum Gasteiger partial charge on any atom is -0.495 e. The Balaban J connectivity index is 2.15. The van der Waals surface area contributed by atoms with Gasteiger partial charge in [0.2, 0.25) is 0 Å². The fourth-order valence-corrected chi connectivity index (χ4v) is 2.46. The molecule has 0 saturated carbocycles. The molecule has 100 valence electrons. The van der Waals surface area contributed by atoms with Crippen LogP contribution in [0.4, 0.5) is 5.69 Å². The second-order valence-electron chi connectivity index (χ2n) is 5.11. The lowest BCUT2D eigenvalue weighted by Gasteiger charge is -2.41. The van der Waals surface area contributed by atoms with Gasteiger partial charge in [-0.05, 0) is 32.0 Å². The number of likely N-dealkylation sites (tertiary alicyclic amines) is 1. The standard InChI is InChI=1S/C14H23N3O/c1-17-9-7-14(11-15,8-10-17)16-12-5-3-4-6-13(12)18-2/h3-6,16H,7-11,15H2,1-2H3. The summed E-state index contributed by atoms with van der Waals surface area (Å²) in [7, 11) is 3.85. The van der Waals surface area contributed by atoms with E-state index in [4.69, 9.17) is 10.5 Å². The van der Waals surface area contributed by atoms with Crippen LogP contribution in [0.15, 0.2) is 24.3 Å². The molecule has 0 aliphatic carbocycles. The van der Waals surface area contributed by atoms with Gasteiger partial charge in [0.25, 0.3) is 0 Å². The number of methoxy groups -OCH3 is 1. The molecule has 0 radical (unpaired) electrons. The third kappa shape index (κ3) is 2.76. The molecule has 1 heterocycles. The van der Waals surface area contributed by atoms with Crippen molar-refractivity contribution < 1.29 is 4.74 Å². The number of ether oxygens (including phenoxy) is 1. The van der Waals surface area contributed by atoms with Crippen molar-refractivity contribution in [3.05, 3.63) is 24.3 Å². The first-order valence-corrected chi connectivity index (χ1v) is 6.49. The Hall–Kier alpha value is -1.26. The number of hydrogen-bond acceptors (Lipinski definition) is 4. The van der Waals surface area contributed by atoms with Crippen LogP contribution in [-0.4, -0.2) is 44.2 Å². The van der Waals surface area contributed by atoms with Crippen molar-refractivity contribution in [2.24, 2.45) is 5.73 Å². The number of piperidine rings is 1. The number of nitrogens with two attached hydrogens (primary N) is 1. The zero-order chi connectivity index (χ0) is 13.0. The van der Waals surface area contributed by atoms with Crippen LogP contribution in [0, 0.1) is 0 Å². The largest absolute Gasteiger partial charge is 0.495 e. The number of nitrogens with one attached hydrogen (secondary N) is 1. The maximum absolute atomic E-state index is 6.00. The molecule has 1 saturated heterocycles. The van der Waals surface area contributed by atoms with E-state index in [9.17, 15) is 0 Å². The molecule has 4 heteroatoms. The van der Waals surface area contributed by atoms with Gasteiger partial charge in [0.1, 0.15) is 5.75 Å². The molecule has 0 bridgehead atoms. The van der Waals surface area contributed by atoms with E-state index in [-0.39, 0.29) is 5.54 Å². The van der Waals surface area contributed by atoms with Crippen molar-refractivity contribution in [3.8, 4) is 5.75 Å². The van der Waals surface area contributed by atoms with Gasteiger partial charge in [-0.3, -0.25) is 0 Å². The summed E-state index contributed by atoms with van der Waals surface area (Å²) in [5, 5.41) is 3.61. The third-order valence-electron chi connectivity index (χ3n) is 3.84. The monoisotopic (exact) mass is 249 g/mol. The van der Waals surface area contributed by atoms with Gasteiger partial charge in [0.15, 0.2) is 0 Å². The first-order valence-electron chi connectivity index (χ1n) is 6.49. The van der Waals surface area contributed by atoms with Crippen LogP contribution >= 0.6 is 0 Å². The molecule has 1 aliphatic rings. The van der Waals surface area contributed by atoms with E-state index in [0.717, 1.165) is 37.4 Å². The Morgan fingerprint density at radius 3 is 2.61 bits per heavy atom. The Labute approximate surface area is 109 Å². The summed E-state index contributed by atoms with van der Waals surface area (Å²) in [6, 6.07) is 8.02. The molecular formula is C14H23N3O. The topological polar surface area (TPSA) is 50.5 Å². The molecule has 1 fully saturated rings. The van der Waals surface area contributed by atoms with Gasteiger partial charge in [-0.15, -0.1) is 0 Å². The predicted molar refractivity (Wildman–Crippen MR) is 75.1 cm³/mol. The van der Waals surface area contributed by atoms with Crippen molar-refractivity contribution in [1.29, 1.82) is 0 Å². The zero-order valence-electron chi connectivity index (χ0n) is 11.3. The number of benzene rings is 1. The Morgan fingerprint density at radius 1 is 1.33 bits per heavy atom. The van der Waals surface area contributed by atoms with Crippen LogP contribution in [0.1, 0.15) is 12.8 Å². The van der Waals surface area contributed by atoms with Crippen molar-refractivity contribution >= 4 is 5.69 Å². The molecule has 3 N–H and O–H groups in total. The molecule has 1 aromatic carbocycles. The number of nitrogens with zero attached hydrogens (tertiary/aromatic N) is 1. The van der Waals surface area contributed by atoms with Gasteiger partial charge in [-0.25, -0.2) is 0 Å². The van der Waals surface area contributed by atoms with E-state index in [1.54, 1.807) is 7.11 Å². The maximum Gasteiger partial charge on any atom is 0.141 e. The highest BCUT2D eigenvalue weighted by atomic mass is 16.5. The summed E-state index contributed by atoms with van der Waals surface area (Å²) < 4.78 is 5.38. The summed E-state index contributed by atoms with van der Waals surface area (Å²) in [5.41, 5.74) is 7.04. The van der Waals surface area contributed by atoms with Crippen LogP contribution in [0.3, 0.4) is 0 Å². The fraction of sp³-hybridized carbons (Fsp3) is 0.571.